The molecular weight excluding hydrogens is 132 g/mol. The van der Waals surface area contributed by atoms with Gasteiger partial charge in [-0.15, -0.1) is 0 Å². The number of hydrogen-bond donors (Lipinski definition) is 1. The summed E-state index contributed by atoms with van der Waals surface area (Å²) in [6, 6.07) is -0.389. The molecule has 0 heterocycles. The van der Waals surface area contributed by atoms with Gasteiger partial charge in [-0.05, 0) is 6.92 Å². The lowest BCUT2D eigenvalue weighted by Gasteiger charge is -2.16. The van der Waals surface area contributed by atoms with Crippen LogP contribution < -0.4 is 5.73 Å². The van der Waals surface area contributed by atoms with Crippen LogP contribution >= 0.6 is 0 Å². The van der Waals surface area contributed by atoms with Gasteiger partial charge in [0.05, 0.1) is 6.61 Å². The molecule has 4 nitrogen and oxygen atoms in total. The fourth-order valence-electron chi connectivity index (χ4n) is 0.626. The molecular formula is C6H14N2O2. The highest BCUT2D eigenvalue weighted by atomic mass is 16.5. The summed E-state index contributed by atoms with van der Waals surface area (Å²) in [4.78, 5) is 12.0. The largest absolute Gasteiger partial charge is 0.383 e. The first-order chi connectivity index (χ1) is 4.72. The first-order valence-corrected chi connectivity index (χ1v) is 3.25. The number of hydrogen-bond acceptors (Lipinski definition) is 2. The lowest BCUT2D eigenvalue weighted by Crippen LogP contribution is -2.37. The first kappa shape index (κ1) is 9.23. The molecule has 0 saturated heterocycles. The van der Waals surface area contributed by atoms with Gasteiger partial charge < -0.3 is 15.4 Å². The molecule has 2 amide bonds. The van der Waals surface area contributed by atoms with E-state index in [4.69, 9.17) is 10.5 Å². The number of primary amides is 1. The van der Waals surface area contributed by atoms with Gasteiger partial charge in [-0.25, -0.2) is 4.79 Å². The lowest BCUT2D eigenvalue weighted by molar-refractivity contribution is 0.156. The zero-order chi connectivity index (χ0) is 7.98. The Morgan fingerprint density at radius 1 is 1.70 bits per heavy atom. The minimum absolute atomic E-state index is 0.389. The molecule has 0 aliphatic rings. The highest BCUT2D eigenvalue weighted by Crippen LogP contribution is 1.85. The van der Waals surface area contributed by atoms with E-state index < -0.39 is 0 Å². The van der Waals surface area contributed by atoms with Crippen LogP contribution in [0, 0.1) is 0 Å². The van der Waals surface area contributed by atoms with Gasteiger partial charge in [0, 0.05) is 20.2 Å². The maximum Gasteiger partial charge on any atom is 0.314 e. The molecule has 0 rings (SSSR count). The van der Waals surface area contributed by atoms with Crippen LogP contribution in [0.4, 0.5) is 4.79 Å². The zero-order valence-corrected chi connectivity index (χ0v) is 6.46. The van der Waals surface area contributed by atoms with Crippen LogP contribution in [0.5, 0.6) is 0 Å². The third-order valence-electron chi connectivity index (χ3n) is 1.26. The van der Waals surface area contributed by atoms with Gasteiger partial charge in [0.15, 0.2) is 0 Å². The van der Waals surface area contributed by atoms with Crippen LogP contribution in [-0.2, 0) is 4.74 Å². The van der Waals surface area contributed by atoms with Gasteiger partial charge in [0.2, 0.25) is 0 Å². The molecule has 0 radical (unpaired) electrons. The summed E-state index contributed by atoms with van der Waals surface area (Å²) < 4.78 is 4.77. The van der Waals surface area contributed by atoms with E-state index in [1.54, 1.807) is 7.11 Å². The van der Waals surface area contributed by atoms with E-state index in [-0.39, 0.29) is 6.03 Å². The Morgan fingerprint density at radius 3 is 2.60 bits per heavy atom. The van der Waals surface area contributed by atoms with Crippen molar-refractivity contribution >= 4 is 6.03 Å². The summed E-state index contributed by atoms with van der Waals surface area (Å²) in [5.74, 6) is 0. The normalized spacial score (nSPS) is 9.40. The Bertz CT molecular complexity index is 106. The van der Waals surface area contributed by atoms with Gasteiger partial charge in [-0.2, -0.15) is 0 Å². The van der Waals surface area contributed by atoms with E-state index in [9.17, 15) is 4.79 Å². The van der Waals surface area contributed by atoms with Crippen molar-refractivity contribution in [2.45, 2.75) is 6.92 Å². The second kappa shape index (κ2) is 5.05. The van der Waals surface area contributed by atoms with Crippen molar-refractivity contribution in [1.29, 1.82) is 0 Å². The molecule has 0 aliphatic heterocycles. The minimum Gasteiger partial charge on any atom is -0.383 e. The summed E-state index contributed by atoms with van der Waals surface area (Å²) in [7, 11) is 1.59. The Kier molecular flexibility index (Phi) is 4.66. The number of carbonyl (C=O) groups excluding carboxylic acids is 1. The summed E-state index contributed by atoms with van der Waals surface area (Å²) in [5, 5.41) is 0. The van der Waals surface area contributed by atoms with Gasteiger partial charge >= 0.3 is 6.03 Å². The van der Waals surface area contributed by atoms with E-state index in [2.05, 4.69) is 0 Å². The minimum atomic E-state index is -0.389. The Balaban J connectivity index is 3.50. The van der Waals surface area contributed by atoms with Gasteiger partial charge in [0.25, 0.3) is 0 Å². The molecule has 4 heteroatoms. The first-order valence-electron chi connectivity index (χ1n) is 3.25. The second-order valence-electron chi connectivity index (χ2n) is 1.91. The zero-order valence-electron chi connectivity index (χ0n) is 6.46. The average molecular weight is 146 g/mol. The molecule has 60 valence electrons. The third-order valence-corrected chi connectivity index (χ3v) is 1.26. The molecule has 0 fully saturated rings. The molecule has 0 bridgehead atoms. The Hall–Kier alpha value is -0.770. The summed E-state index contributed by atoms with van der Waals surface area (Å²) >= 11 is 0. The average Bonchev–Trinajstić information content (AvgIpc) is 1.89. The van der Waals surface area contributed by atoms with E-state index in [0.29, 0.717) is 19.7 Å². The monoisotopic (exact) mass is 146 g/mol. The molecule has 0 saturated carbocycles. The number of likely N-dealkylation sites (N-methyl/N-ethyl adjacent to an activating group) is 1. The molecule has 0 spiro atoms. The lowest BCUT2D eigenvalue weighted by atomic mass is 10.5. The summed E-state index contributed by atoms with van der Waals surface area (Å²) in [5.41, 5.74) is 5.02. The molecule has 2 N–H and O–H groups in total. The number of rotatable bonds is 4. The van der Waals surface area contributed by atoms with Gasteiger partial charge in [-0.1, -0.05) is 0 Å². The van der Waals surface area contributed by atoms with Crippen molar-refractivity contribution in [3.05, 3.63) is 0 Å². The maximum absolute atomic E-state index is 10.5. The molecule has 0 aromatic carbocycles. The molecule has 0 atom stereocenters. The van der Waals surface area contributed by atoms with Gasteiger partial charge in [0.1, 0.15) is 0 Å². The Labute approximate surface area is 60.9 Å². The van der Waals surface area contributed by atoms with Crippen LogP contribution in [0.15, 0.2) is 0 Å². The van der Waals surface area contributed by atoms with Crippen LogP contribution in [0.25, 0.3) is 0 Å². The van der Waals surface area contributed by atoms with Crippen LogP contribution in [-0.4, -0.2) is 37.7 Å². The van der Waals surface area contributed by atoms with Crippen LogP contribution in [0.3, 0.4) is 0 Å². The SMILES string of the molecule is CCN(CCOC)C(N)=O. The fraction of sp³-hybridized carbons (Fsp3) is 0.833. The molecule has 0 aromatic heterocycles. The molecule has 10 heavy (non-hydrogen) atoms. The van der Waals surface area contributed by atoms with Gasteiger partial charge in [-0.3, -0.25) is 0 Å². The number of nitrogens with zero attached hydrogens (tertiary/aromatic N) is 1. The third kappa shape index (κ3) is 3.29. The molecule has 0 unspecified atom stereocenters. The standard InChI is InChI=1S/C6H14N2O2/c1-3-8(6(7)9)4-5-10-2/h3-5H2,1-2H3,(H2,7,9). The van der Waals surface area contributed by atoms with E-state index in [1.807, 2.05) is 6.92 Å². The Morgan fingerprint density at radius 2 is 2.30 bits per heavy atom. The number of nitrogens with two attached hydrogens (primary N) is 1. The van der Waals surface area contributed by atoms with Crippen molar-refractivity contribution in [2.75, 3.05) is 26.8 Å². The predicted octanol–water partition coefficient (Wildman–Crippen LogP) is 0.0334. The quantitative estimate of drug-likeness (QED) is 0.608. The number of amides is 2. The summed E-state index contributed by atoms with van der Waals surface area (Å²) in [6.07, 6.45) is 0. The second-order valence-corrected chi connectivity index (χ2v) is 1.91. The highest BCUT2D eigenvalue weighted by Gasteiger charge is 2.04. The summed E-state index contributed by atoms with van der Waals surface area (Å²) in [6.45, 7) is 3.62. The smallest absolute Gasteiger partial charge is 0.314 e. The van der Waals surface area contributed by atoms with Crippen molar-refractivity contribution < 1.29 is 9.53 Å². The number of ether oxygens (including phenoxy) is 1. The predicted molar refractivity (Wildman–Crippen MR) is 38.7 cm³/mol. The van der Waals surface area contributed by atoms with Crippen molar-refractivity contribution in [3.8, 4) is 0 Å². The van der Waals surface area contributed by atoms with Crippen molar-refractivity contribution in [2.24, 2.45) is 5.73 Å². The maximum atomic E-state index is 10.5. The van der Waals surface area contributed by atoms with E-state index >= 15 is 0 Å². The van der Waals surface area contributed by atoms with E-state index in [0.717, 1.165) is 0 Å². The van der Waals surface area contributed by atoms with E-state index in [1.165, 1.54) is 4.90 Å². The topological polar surface area (TPSA) is 55.6 Å². The fourth-order valence-corrected chi connectivity index (χ4v) is 0.626. The molecule has 0 aromatic rings. The molecule has 0 aliphatic carbocycles. The number of carbonyl (C=O) groups is 1. The van der Waals surface area contributed by atoms with Crippen LogP contribution in [0.1, 0.15) is 6.92 Å². The van der Waals surface area contributed by atoms with Crippen molar-refractivity contribution in [1.82, 2.24) is 4.90 Å². The van der Waals surface area contributed by atoms with Crippen molar-refractivity contribution in [3.63, 3.8) is 0 Å². The highest BCUT2D eigenvalue weighted by molar-refractivity contribution is 5.71. The number of methoxy groups -OCH3 is 1. The van der Waals surface area contributed by atoms with Crippen LogP contribution in [0.2, 0.25) is 0 Å². The number of urea groups is 1.